The van der Waals surface area contributed by atoms with Crippen LogP contribution in [0.3, 0.4) is 0 Å². The van der Waals surface area contributed by atoms with E-state index < -0.39 is 0 Å². The smallest absolute Gasteiger partial charge is 0.134 e. The Bertz CT molecular complexity index is 733. The summed E-state index contributed by atoms with van der Waals surface area (Å²) in [5.74, 6) is 2.11. The number of halogens is 1. The predicted molar refractivity (Wildman–Crippen MR) is 84.4 cm³/mol. The first-order valence-electron chi connectivity index (χ1n) is 6.97. The summed E-state index contributed by atoms with van der Waals surface area (Å²) in [7, 11) is 1.64. The minimum absolute atomic E-state index is 0.253. The molecule has 0 atom stereocenters. The average molecular weight is 297 g/mol. The van der Waals surface area contributed by atoms with Gasteiger partial charge >= 0.3 is 0 Å². The van der Waals surface area contributed by atoms with Crippen molar-refractivity contribution >= 4 is 5.69 Å². The van der Waals surface area contributed by atoms with Gasteiger partial charge in [0.1, 0.15) is 23.1 Å². The zero-order chi connectivity index (χ0) is 15.4. The second kappa shape index (κ2) is 6.35. The summed E-state index contributed by atoms with van der Waals surface area (Å²) < 4.78 is 23.8. The summed E-state index contributed by atoms with van der Waals surface area (Å²) >= 11 is 0. The summed E-state index contributed by atoms with van der Waals surface area (Å²) in [5, 5.41) is 3.28. The molecule has 3 aromatic rings. The van der Waals surface area contributed by atoms with Crippen molar-refractivity contribution in [1.82, 2.24) is 0 Å². The third kappa shape index (κ3) is 3.28. The maximum atomic E-state index is 12.9. The van der Waals surface area contributed by atoms with Crippen LogP contribution in [0.1, 0.15) is 5.76 Å². The minimum Gasteiger partial charge on any atom is -0.497 e. The van der Waals surface area contributed by atoms with Crippen LogP contribution in [0.5, 0.6) is 5.75 Å². The van der Waals surface area contributed by atoms with Crippen molar-refractivity contribution in [1.29, 1.82) is 0 Å². The molecule has 1 N–H and O–H groups in total. The number of hydrogen-bond acceptors (Lipinski definition) is 3. The summed E-state index contributed by atoms with van der Waals surface area (Å²) in [5.41, 5.74) is 1.85. The lowest BCUT2D eigenvalue weighted by Crippen LogP contribution is -1.97. The van der Waals surface area contributed by atoms with Crippen LogP contribution in [-0.2, 0) is 6.54 Å². The highest BCUT2D eigenvalue weighted by atomic mass is 19.1. The number of nitrogens with one attached hydrogen (secondary N) is 1. The Labute approximate surface area is 128 Å². The molecule has 3 rings (SSSR count). The van der Waals surface area contributed by atoms with Crippen molar-refractivity contribution < 1.29 is 13.5 Å². The van der Waals surface area contributed by atoms with Gasteiger partial charge in [0.2, 0.25) is 0 Å². The largest absolute Gasteiger partial charge is 0.497 e. The Morgan fingerprint density at radius 1 is 0.955 bits per heavy atom. The van der Waals surface area contributed by atoms with Crippen molar-refractivity contribution in [3.05, 3.63) is 72.2 Å². The standard InChI is InChI=1S/C18H16FNO2/c1-21-16-8-6-15(7-9-16)20-12-17-10-11-18(22-17)13-2-4-14(19)5-3-13/h2-11,20H,12H2,1H3. The van der Waals surface area contributed by atoms with E-state index in [0.717, 1.165) is 28.5 Å². The molecule has 0 unspecified atom stereocenters. The van der Waals surface area contributed by atoms with Crippen molar-refractivity contribution in [2.24, 2.45) is 0 Å². The van der Waals surface area contributed by atoms with Crippen LogP contribution in [0.25, 0.3) is 11.3 Å². The van der Waals surface area contributed by atoms with E-state index in [1.165, 1.54) is 12.1 Å². The van der Waals surface area contributed by atoms with Gasteiger partial charge in [-0.2, -0.15) is 0 Å². The molecule has 2 aromatic carbocycles. The van der Waals surface area contributed by atoms with Gasteiger partial charge in [0, 0.05) is 11.3 Å². The number of rotatable bonds is 5. The van der Waals surface area contributed by atoms with Gasteiger partial charge in [-0.3, -0.25) is 0 Å². The highest BCUT2D eigenvalue weighted by Crippen LogP contribution is 2.23. The van der Waals surface area contributed by atoms with Crippen LogP contribution in [0.4, 0.5) is 10.1 Å². The first-order valence-corrected chi connectivity index (χ1v) is 6.97. The summed E-state index contributed by atoms with van der Waals surface area (Å²) in [6, 6.07) is 17.7. The molecule has 1 heterocycles. The normalized spacial score (nSPS) is 10.5. The van der Waals surface area contributed by atoms with E-state index in [0.29, 0.717) is 6.54 Å². The molecule has 0 aliphatic heterocycles. The Morgan fingerprint density at radius 2 is 1.68 bits per heavy atom. The van der Waals surface area contributed by atoms with Crippen molar-refractivity contribution in [2.45, 2.75) is 6.54 Å². The van der Waals surface area contributed by atoms with E-state index in [1.54, 1.807) is 19.2 Å². The van der Waals surface area contributed by atoms with Gasteiger partial charge in [0.25, 0.3) is 0 Å². The number of hydrogen-bond donors (Lipinski definition) is 1. The van der Waals surface area contributed by atoms with Crippen LogP contribution < -0.4 is 10.1 Å². The molecular formula is C18H16FNO2. The molecule has 0 aliphatic rings. The van der Waals surface area contributed by atoms with Gasteiger partial charge in [-0.15, -0.1) is 0 Å². The molecule has 0 amide bonds. The zero-order valence-electron chi connectivity index (χ0n) is 12.2. The molecule has 0 radical (unpaired) electrons. The molecular weight excluding hydrogens is 281 g/mol. The lowest BCUT2D eigenvalue weighted by molar-refractivity contribution is 0.415. The monoisotopic (exact) mass is 297 g/mol. The third-order valence-electron chi connectivity index (χ3n) is 3.35. The van der Waals surface area contributed by atoms with Crippen molar-refractivity contribution in [3.8, 4) is 17.1 Å². The molecule has 3 nitrogen and oxygen atoms in total. The average Bonchev–Trinajstić information content (AvgIpc) is 3.03. The molecule has 0 saturated carbocycles. The molecule has 22 heavy (non-hydrogen) atoms. The summed E-state index contributed by atoms with van der Waals surface area (Å²) in [6.07, 6.45) is 0. The van der Waals surface area contributed by atoms with Gasteiger partial charge in [0.05, 0.1) is 13.7 Å². The second-order valence-corrected chi connectivity index (χ2v) is 4.85. The first-order chi connectivity index (χ1) is 10.7. The predicted octanol–water partition coefficient (Wildman–Crippen LogP) is 4.71. The Morgan fingerprint density at radius 3 is 2.36 bits per heavy atom. The Kier molecular flexibility index (Phi) is 4.10. The molecule has 4 heteroatoms. The Balaban J connectivity index is 1.65. The molecule has 0 saturated heterocycles. The maximum absolute atomic E-state index is 12.9. The molecule has 0 bridgehead atoms. The van der Waals surface area contributed by atoms with Crippen LogP contribution in [0.2, 0.25) is 0 Å². The van der Waals surface area contributed by atoms with Crippen molar-refractivity contribution in [2.75, 3.05) is 12.4 Å². The second-order valence-electron chi connectivity index (χ2n) is 4.85. The maximum Gasteiger partial charge on any atom is 0.134 e. The van der Waals surface area contributed by atoms with Gasteiger partial charge in [-0.1, -0.05) is 0 Å². The van der Waals surface area contributed by atoms with E-state index in [4.69, 9.17) is 9.15 Å². The third-order valence-corrected chi connectivity index (χ3v) is 3.35. The SMILES string of the molecule is COc1ccc(NCc2ccc(-c3ccc(F)cc3)o2)cc1. The molecule has 112 valence electrons. The van der Waals surface area contributed by atoms with E-state index >= 15 is 0 Å². The highest BCUT2D eigenvalue weighted by molar-refractivity contribution is 5.57. The highest BCUT2D eigenvalue weighted by Gasteiger charge is 2.05. The van der Waals surface area contributed by atoms with Crippen molar-refractivity contribution in [3.63, 3.8) is 0 Å². The number of methoxy groups -OCH3 is 1. The molecule has 1 aromatic heterocycles. The fourth-order valence-electron chi connectivity index (χ4n) is 2.14. The lowest BCUT2D eigenvalue weighted by Gasteiger charge is -2.05. The number of benzene rings is 2. The van der Waals surface area contributed by atoms with Crippen LogP contribution in [-0.4, -0.2) is 7.11 Å². The summed E-state index contributed by atoms with van der Waals surface area (Å²) in [4.78, 5) is 0. The van der Waals surface area contributed by atoms with Crippen LogP contribution in [0.15, 0.2) is 65.1 Å². The first kappa shape index (κ1) is 14.2. The fraction of sp³-hybridized carbons (Fsp3) is 0.111. The molecule has 0 spiro atoms. The minimum atomic E-state index is -0.253. The summed E-state index contributed by atoms with van der Waals surface area (Å²) in [6.45, 7) is 0.577. The van der Waals surface area contributed by atoms with Gasteiger partial charge in [-0.25, -0.2) is 4.39 Å². The number of anilines is 1. The Hall–Kier alpha value is -2.75. The van der Waals surface area contributed by atoms with Crippen LogP contribution in [0, 0.1) is 5.82 Å². The van der Waals surface area contributed by atoms with Gasteiger partial charge < -0.3 is 14.5 Å². The van der Waals surface area contributed by atoms with E-state index in [2.05, 4.69) is 5.32 Å². The fourth-order valence-corrected chi connectivity index (χ4v) is 2.14. The zero-order valence-corrected chi connectivity index (χ0v) is 12.2. The quantitative estimate of drug-likeness (QED) is 0.741. The van der Waals surface area contributed by atoms with Gasteiger partial charge in [0.15, 0.2) is 0 Å². The molecule has 0 fully saturated rings. The van der Waals surface area contributed by atoms with E-state index in [-0.39, 0.29) is 5.82 Å². The molecule has 0 aliphatic carbocycles. The number of furan rings is 1. The topological polar surface area (TPSA) is 34.4 Å². The van der Waals surface area contributed by atoms with Gasteiger partial charge in [-0.05, 0) is 60.7 Å². The van der Waals surface area contributed by atoms with Crippen LogP contribution >= 0.6 is 0 Å². The lowest BCUT2D eigenvalue weighted by atomic mass is 10.2. The van der Waals surface area contributed by atoms with E-state index in [1.807, 2.05) is 36.4 Å². The van der Waals surface area contributed by atoms with E-state index in [9.17, 15) is 4.39 Å². The number of ether oxygens (including phenoxy) is 1.